The molecule has 1 fully saturated rings. The van der Waals surface area contributed by atoms with Crippen molar-refractivity contribution in [2.24, 2.45) is 12.8 Å². The first-order valence-electron chi connectivity index (χ1n) is 5.84. The van der Waals surface area contributed by atoms with Gasteiger partial charge in [-0.15, -0.1) is 11.8 Å². The number of aryl methyl sites for hydroxylation is 1. The van der Waals surface area contributed by atoms with Crippen molar-refractivity contribution in [3.05, 3.63) is 11.8 Å². The zero-order valence-electron chi connectivity index (χ0n) is 10.2. The average Bonchev–Trinajstić information content (AvgIpc) is 2.72. The molecular formula is C11H16N4OS2. The first-order chi connectivity index (χ1) is 8.59. The fraction of sp³-hybridized carbons (Fsp3) is 0.545. The van der Waals surface area contributed by atoms with Gasteiger partial charge in [-0.1, -0.05) is 18.6 Å². The van der Waals surface area contributed by atoms with Crippen LogP contribution in [0.25, 0.3) is 0 Å². The fourth-order valence-electron chi connectivity index (χ4n) is 1.91. The summed E-state index contributed by atoms with van der Waals surface area (Å²) in [4.78, 5) is 12.4. The van der Waals surface area contributed by atoms with E-state index in [0.29, 0.717) is 11.4 Å². The van der Waals surface area contributed by atoms with E-state index in [1.54, 1.807) is 29.7 Å². The standard InChI is InChI=1S/C11H16N4OS2/c1-15-10(7(6-13-15)9(12)17)14-11(16)8-4-2-3-5-18-8/h6,8H,2-5H2,1H3,(H2,12,17)(H,14,16). The van der Waals surface area contributed by atoms with E-state index in [0.717, 1.165) is 18.6 Å². The molecule has 1 atom stereocenters. The van der Waals surface area contributed by atoms with Gasteiger partial charge in [-0.3, -0.25) is 9.48 Å². The maximum Gasteiger partial charge on any atom is 0.238 e. The molecule has 0 saturated carbocycles. The molecule has 1 aromatic heterocycles. The Kier molecular flexibility index (Phi) is 4.23. The number of nitrogens with zero attached hydrogens (tertiary/aromatic N) is 2. The number of nitrogens with one attached hydrogen (secondary N) is 1. The van der Waals surface area contributed by atoms with E-state index in [1.165, 1.54) is 6.42 Å². The summed E-state index contributed by atoms with van der Waals surface area (Å²) in [5.41, 5.74) is 6.22. The van der Waals surface area contributed by atoms with Crippen molar-refractivity contribution in [1.82, 2.24) is 9.78 Å². The molecule has 3 N–H and O–H groups in total. The smallest absolute Gasteiger partial charge is 0.238 e. The highest BCUT2D eigenvalue weighted by Gasteiger charge is 2.23. The van der Waals surface area contributed by atoms with Crippen LogP contribution in [0.3, 0.4) is 0 Å². The SMILES string of the molecule is Cn1ncc(C(N)=S)c1NC(=O)C1CCCCS1. The third-order valence-corrected chi connectivity index (χ3v) is 4.51. The number of aromatic nitrogens is 2. The maximum absolute atomic E-state index is 12.1. The van der Waals surface area contributed by atoms with Gasteiger partial charge in [0.05, 0.1) is 17.0 Å². The van der Waals surface area contributed by atoms with Gasteiger partial charge in [-0.2, -0.15) is 5.10 Å². The number of thioether (sulfide) groups is 1. The van der Waals surface area contributed by atoms with E-state index in [-0.39, 0.29) is 16.1 Å². The molecule has 1 aliphatic rings. The molecule has 0 aromatic carbocycles. The number of rotatable bonds is 3. The monoisotopic (exact) mass is 284 g/mol. The topological polar surface area (TPSA) is 72.9 Å². The molecule has 98 valence electrons. The average molecular weight is 284 g/mol. The van der Waals surface area contributed by atoms with E-state index in [1.807, 2.05) is 0 Å². The molecule has 2 rings (SSSR count). The number of nitrogens with two attached hydrogens (primary N) is 1. The minimum atomic E-state index is 0.0146. The summed E-state index contributed by atoms with van der Waals surface area (Å²) in [6.45, 7) is 0. The quantitative estimate of drug-likeness (QED) is 0.818. The van der Waals surface area contributed by atoms with Crippen LogP contribution in [0.15, 0.2) is 6.20 Å². The van der Waals surface area contributed by atoms with Crippen molar-refractivity contribution < 1.29 is 4.79 Å². The summed E-state index contributed by atoms with van der Waals surface area (Å²) in [5, 5.41) is 6.97. The number of hydrogen-bond donors (Lipinski definition) is 2. The zero-order chi connectivity index (χ0) is 13.1. The van der Waals surface area contributed by atoms with Crippen molar-refractivity contribution in [2.75, 3.05) is 11.1 Å². The second-order valence-corrected chi connectivity index (χ2v) is 5.99. The van der Waals surface area contributed by atoms with Crippen LogP contribution in [0.5, 0.6) is 0 Å². The van der Waals surface area contributed by atoms with Crippen LogP contribution in [0.2, 0.25) is 0 Å². The lowest BCUT2D eigenvalue weighted by Crippen LogP contribution is -2.29. The van der Waals surface area contributed by atoms with Gasteiger partial charge in [0.1, 0.15) is 10.8 Å². The summed E-state index contributed by atoms with van der Waals surface area (Å²) in [6.07, 6.45) is 4.81. The Bertz CT molecular complexity index is 466. The first kappa shape index (κ1) is 13.4. The molecule has 1 aromatic rings. The molecule has 0 spiro atoms. The summed E-state index contributed by atoms with van der Waals surface area (Å²) < 4.78 is 1.58. The van der Waals surface area contributed by atoms with Gasteiger partial charge in [0, 0.05) is 7.05 Å². The Morgan fingerprint density at radius 3 is 3.06 bits per heavy atom. The zero-order valence-corrected chi connectivity index (χ0v) is 11.8. The Hall–Kier alpha value is -1.08. The van der Waals surface area contributed by atoms with Gasteiger partial charge >= 0.3 is 0 Å². The number of carbonyl (C=O) groups is 1. The molecule has 1 saturated heterocycles. The highest BCUT2D eigenvalue weighted by molar-refractivity contribution is 8.00. The van der Waals surface area contributed by atoms with Gasteiger partial charge in [0.2, 0.25) is 5.91 Å². The Labute approximate surface area is 115 Å². The number of thiocarbonyl (C=S) groups is 1. The predicted octanol–water partition coefficient (Wildman–Crippen LogP) is 1.28. The summed E-state index contributed by atoms with van der Waals surface area (Å²) in [5.74, 6) is 1.64. The molecule has 1 aliphatic heterocycles. The van der Waals surface area contributed by atoms with Crippen molar-refractivity contribution in [1.29, 1.82) is 0 Å². The number of hydrogen-bond acceptors (Lipinski definition) is 4. The van der Waals surface area contributed by atoms with E-state index >= 15 is 0 Å². The van der Waals surface area contributed by atoms with E-state index in [2.05, 4.69) is 10.4 Å². The lowest BCUT2D eigenvalue weighted by Gasteiger charge is -2.20. The van der Waals surface area contributed by atoms with E-state index in [9.17, 15) is 4.79 Å². The van der Waals surface area contributed by atoms with Crippen LogP contribution >= 0.6 is 24.0 Å². The summed E-state index contributed by atoms with van der Waals surface area (Å²) in [6, 6.07) is 0. The molecule has 0 aliphatic carbocycles. The number of carbonyl (C=O) groups excluding carboxylic acids is 1. The molecule has 18 heavy (non-hydrogen) atoms. The summed E-state index contributed by atoms with van der Waals surface area (Å²) >= 11 is 6.65. The van der Waals surface area contributed by atoms with Gasteiger partial charge in [-0.25, -0.2) is 0 Å². The highest BCUT2D eigenvalue weighted by atomic mass is 32.2. The lowest BCUT2D eigenvalue weighted by molar-refractivity contribution is -0.115. The van der Waals surface area contributed by atoms with Crippen LogP contribution in [-0.2, 0) is 11.8 Å². The van der Waals surface area contributed by atoms with Crippen molar-refractivity contribution in [2.45, 2.75) is 24.5 Å². The van der Waals surface area contributed by atoms with Crippen molar-refractivity contribution in [3.63, 3.8) is 0 Å². The van der Waals surface area contributed by atoms with Crippen molar-refractivity contribution >= 4 is 40.7 Å². The van der Waals surface area contributed by atoms with E-state index in [4.69, 9.17) is 18.0 Å². The van der Waals surface area contributed by atoms with Crippen LogP contribution in [0.4, 0.5) is 5.82 Å². The Balaban J connectivity index is 2.10. The maximum atomic E-state index is 12.1. The van der Waals surface area contributed by atoms with Crippen molar-refractivity contribution in [3.8, 4) is 0 Å². The molecule has 1 amide bonds. The second kappa shape index (κ2) is 5.71. The number of anilines is 1. The van der Waals surface area contributed by atoms with E-state index < -0.39 is 0 Å². The van der Waals surface area contributed by atoms with Crippen LogP contribution in [-0.4, -0.2) is 31.7 Å². The number of amides is 1. The molecule has 0 radical (unpaired) electrons. The largest absolute Gasteiger partial charge is 0.389 e. The third kappa shape index (κ3) is 2.84. The first-order valence-corrected chi connectivity index (χ1v) is 7.29. The molecule has 0 bridgehead atoms. The normalized spacial score (nSPS) is 19.5. The third-order valence-electron chi connectivity index (χ3n) is 2.92. The van der Waals surface area contributed by atoms with Crippen LogP contribution in [0, 0.1) is 0 Å². The van der Waals surface area contributed by atoms with Gasteiger partial charge < -0.3 is 11.1 Å². The summed E-state index contributed by atoms with van der Waals surface area (Å²) in [7, 11) is 1.76. The molecule has 7 heteroatoms. The highest BCUT2D eigenvalue weighted by Crippen LogP contribution is 2.26. The van der Waals surface area contributed by atoms with Crippen LogP contribution < -0.4 is 11.1 Å². The molecule has 5 nitrogen and oxygen atoms in total. The molecule has 2 heterocycles. The predicted molar refractivity (Wildman–Crippen MR) is 77.8 cm³/mol. The fourth-order valence-corrected chi connectivity index (χ4v) is 3.26. The van der Waals surface area contributed by atoms with Gasteiger partial charge in [-0.05, 0) is 18.6 Å². The Morgan fingerprint density at radius 2 is 2.44 bits per heavy atom. The minimum absolute atomic E-state index is 0.0146. The Morgan fingerprint density at radius 1 is 1.67 bits per heavy atom. The van der Waals surface area contributed by atoms with Gasteiger partial charge in [0.25, 0.3) is 0 Å². The van der Waals surface area contributed by atoms with Gasteiger partial charge in [0.15, 0.2) is 0 Å². The lowest BCUT2D eigenvalue weighted by atomic mass is 10.2. The minimum Gasteiger partial charge on any atom is -0.389 e. The molecule has 1 unspecified atom stereocenters. The second-order valence-electron chi connectivity index (χ2n) is 4.24. The van der Waals surface area contributed by atoms with Crippen LogP contribution in [0.1, 0.15) is 24.8 Å². The molecular weight excluding hydrogens is 268 g/mol.